The molecule has 0 saturated carbocycles. The molecule has 0 aliphatic rings. The molecule has 1 aromatic carbocycles. The van der Waals surface area contributed by atoms with Crippen molar-refractivity contribution in [1.82, 2.24) is 0 Å². The standard InChI is InChI=1S/C14H15F2NO/c1-8-6-12(10(3)18-8)9(2)17-14-5-4-11(15)7-13(14)16/h4-7,9,17H,1-3H3. The second-order valence-electron chi connectivity index (χ2n) is 4.36. The highest BCUT2D eigenvalue weighted by atomic mass is 19.1. The van der Waals surface area contributed by atoms with E-state index in [4.69, 9.17) is 4.42 Å². The average Bonchev–Trinajstić information content (AvgIpc) is 2.62. The summed E-state index contributed by atoms with van der Waals surface area (Å²) in [6, 6.07) is 5.29. The van der Waals surface area contributed by atoms with Crippen LogP contribution in [-0.4, -0.2) is 0 Å². The molecule has 96 valence electrons. The number of furan rings is 1. The molecule has 0 radical (unpaired) electrons. The molecular weight excluding hydrogens is 236 g/mol. The fourth-order valence-electron chi connectivity index (χ4n) is 2.00. The quantitative estimate of drug-likeness (QED) is 0.877. The molecule has 2 nitrogen and oxygen atoms in total. The summed E-state index contributed by atoms with van der Waals surface area (Å²) in [7, 11) is 0. The van der Waals surface area contributed by atoms with Gasteiger partial charge in [0.1, 0.15) is 23.2 Å². The highest BCUT2D eigenvalue weighted by Crippen LogP contribution is 2.26. The first kappa shape index (κ1) is 12.6. The van der Waals surface area contributed by atoms with E-state index in [0.717, 1.165) is 23.2 Å². The Morgan fingerprint density at radius 2 is 1.89 bits per heavy atom. The van der Waals surface area contributed by atoms with Gasteiger partial charge in [-0.3, -0.25) is 0 Å². The number of hydrogen-bond acceptors (Lipinski definition) is 2. The third-order valence-electron chi connectivity index (χ3n) is 2.85. The van der Waals surface area contributed by atoms with Crippen LogP contribution in [0.4, 0.5) is 14.5 Å². The maximum atomic E-state index is 13.5. The molecule has 1 atom stereocenters. The van der Waals surface area contributed by atoms with Crippen molar-refractivity contribution in [3.05, 3.63) is 53.0 Å². The lowest BCUT2D eigenvalue weighted by Gasteiger charge is -2.15. The maximum absolute atomic E-state index is 13.5. The van der Waals surface area contributed by atoms with Crippen LogP contribution < -0.4 is 5.32 Å². The smallest absolute Gasteiger partial charge is 0.149 e. The van der Waals surface area contributed by atoms with Gasteiger partial charge in [0.05, 0.1) is 11.7 Å². The van der Waals surface area contributed by atoms with Crippen LogP contribution in [0.2, 0.25) is 0 Å². The van der Waals surface area contributed by atoms with Gasteiger partial charge in [0.25, 0.3) is 0 Å². The first-order chi connectivity index (χ1) is 8.47. The Bertz CT molecular complexity index is 563. The van der Waals surface area contributed by atoms with Crippen LogP contribution in [0.5, 0.6) is 0 Å². The number of halogens is 2. The summed E-state index contributed by atoms with van der Waals surface area (Å²) in [5.41, 5.74) is 1.25. The number of aryl methyl sites for hydroxylation is 2. The largest absolute Gasteiger partial charge is 0.466 e. The molecule has 18 heavy (non-hydrogen) atoms. The van der Waals surface area contributed by atoms with E-state index in [1.165, 1.54) is 12.1 Å². The number of anilines is 1. The Kier molecular flexibility index (Phi) is 3.36. The number of benzene rings is 1. The van der Waals surface area contributed by atoms with E-state index in [2.05, 4.69) is 5.32 Å². The van der Waals surface area contributed by atoms with E-state index in [1.807, 2.05) is 26.8 Å². The molecule has 1 heterocycles. The summed E-state index contributed by atoms with van der Waals surface area (Å²) in [4.78, 5) is 0. The molecule has 2 rings (SSSR count). The second kappa shape index (κ2) is 4.80. The normalized spacial score (nSPS) is 12.5. The van der Waals surface area contributed by atoms with Crippen LogP contribution in [0.15, 0.2) is 28.7 Å². The van der Waals surface area contributed by atoms with Gasteiger partial charge in [0.2, 0.25) is 0 Å². The van der Waals surface area contributed by atoms with Gasteiger partial charge in [-0.1, -0.05) is 0 Å². The maximum Gasteiger partial charge on any atom is 0.149 e. The Morgan fingerprint density at radius 3 is 2.44 bits per heavy atom. The molecule has 0 saturated heterocycles. The molecule has 1 N–H and O–H groups in total. The van der Waals surface area contributed by atoms with Crippen LogP contribution in [0.3, 0.4) is 0 Å². The fourth-order valence-corrected chi connectivity index (χ4v) is 2.00. The third kappa shape index (κ3) is 2.53. The molecule has 0 bridgehead atoms. The Labute approximate surface area is 105 Å². The summed E-state index contributed by atoms with van der Waals surface area (Å²) in [6.07, 6.45) is 0. The molecular formula is C14H15F2NO. The summed E-state index contributed by atoms with van der Waals surface area (Å²) in [5.74, 6) is 0.437. The lowest BCUT2D eigenvalue weighted by Crippen LogP contribution is -2.08. The van der Waals surface area contributed by atoms with E-state index in [1.54, 1.807) is 0 Å². The topological polar surface area (TPSA) is 25.2 Å². The van der Waals surface area contributed by atoms with Gasteiger partial charge in [-0.25, -0.2) is 8.78 Å². The number of nitrogens with one attached hydrogen (secondary N) is 1. The lowest BCUT2D eigenvalue weighted by molar-refractivity contribution is 0.499. The molecule has 1 unspecified atom stereocenters. The predicted molar refractivity (Wildman–Crippen MR) is 66.6 cm³/mol. The van der Waals surface area contributed by atoms with Crippen molar-refractivity contribution < 1.29 is 13.2 Å². The molecule has 2 aromatic rings. The highest BCUT2D eigenvalue weighted by molar-refractivity contribution is 5.47. The Morgan fingerprint density at radius 1 is 1.17 bits per heavy atom. The van der Waals surface area contributed by atoms with Crippen LogP contribution >= 0.6 is 0 Å². The zero-order valence-corrected chi connectivity index (χ0v) is 10.6. The molecule has 0 aliphatic heterocycles. The third-order valence-corrected chi connectivity index (χ3v) is 2.85. The fraction of sp³-hybridized carbons (Fsp3) is 0.286. The molecule has 0 fully saturated rings. The van der Waals surface area contributed by atoms with Gasteiger partial charge in [-0.2, -0.15) is 0 Å². The minimum atomic E-state index is -0.597. The van der Waals surface area contributed by atoms with Crippen LogP contribution in [-0.2, 0) is 0 Å². The first-order valence-electron chi connectivity index (χ1n) is 5.76. The van der Waals surface area contributed by atoms with Crippen LogP contribution in [0, 0.1) is 25.5 Å². The van der Waals surface area contributed by atoms with Crippen molar-refractivity contribution in [2.24, 2.45) is 0 Å². The second-order valence-corrected chi connectivity index (χ2v) is 4.36. The predicted octanol–water partition coefficient (Wildman–Crippen LogP) is 4.35. The van der Waals surface area contributed by atoms with Gasteiger partial charge < -0.3 is 9.73 Å². The molecule has 4 heteroatoms. The highest BCUT2D eigenvalue weighted by Gasteiger charge is 2.14. The SMILES string of the molecule is Cc1cc(C(C)Nc2ccc(F)cc2F)c(C)o1. The van der Waals surface area contributed by atoms with Gasteiger partial charge in [-0.05, 0) is 39.0 Å². The zero-order chi connectivity index (χ0) is 13.3. The van der Waals surface area contributed by atoms with Crippen molar-refractivity contribution in [2.75, 3.05) is 5.32 Å². The van der Waals surface area contributed by atoms with Crippen molar-refractivity contribution in [2.45, 2.75) is 26.8 Å². The number of rotatable bonds is 3. The van der Waals surface area contributed by atoms with E-state index in [-0.39, 0.29) is 11.7 Å². The van der Waals surface area contributed by atoms with E-state index in [9.17, 15) is 8.78 Å². The van der Waals surface area contributed by atoms with Gasteiger partial charge in [-0.15, -0.1) is 0 Å². The van der Waals surface area contributed by atoms with E-state index in [0.29, 0.717) is 0 Å². The van der Waals surface area contributed by atoms with E-state index >= 15 is 0 Å². The zero-order valence-electron chi connectivity index (χ0n) is 10.6. The first-order valence-corrected chi connectivity index (χ1v) is 5.76. The average molecular weight is 251 g/mol. The van der Waals surface area contributed by atoms with Gasteiger partial charge >= 0.3 is 0 Å². The Balaban J connectivity index is 2.21. The minimum Gasteiger partial charge on any atom is -0.466 e. The minimum absolute atomic E-state index is 0.109. The summed E-state index contributed by atoms with van der Waals surface area (Å²) < 4.78 is 31.7. The summed E-state index contributed by atoms with van der Waals surface area (Å²) in [5, 5.41) is 3.01. The molecule has 0 spiro atoms. The van der Waals surface area contributed by atoms with Crippen molar-refractivity contribution in [1.29, 1.82) is 0 Å². The summed E-state index contributed by atoms with van der Waals surface area (Å²) in [6.45, 7) is 5.63. The summed E-state index contributed by atoms with van der Waals surface area (Å²) >= 11 is 0. The lowest BCUT2D eigenvalue weighted by atomic mass is 10.1. The Hall–Kier alpha value is -1.84. The van der Waals surface area contributed by atoms with E-state index < -0.39 is 11.6 Å². The van der Waals surface area contributed by atoms with Gasteiger partial charge in [0, 0.05) is 11.6 Å². The molecule has 0 amide bonds. The van der Waals surface area contributed by atoms with Crippen LogP contribution in [0.25, 0.3) is 0 Å². The van der Waals surface area contributed by atoms with Crippen molar-refractivity contribution in [3.8, 4) is 0 Å². The van der Waals surface area contributed by atoms with Crippen molar-refractivity contribution >= 4 is 5.69 Å². The van der Waals surface area contributed by atoms with Crippen LogP contribution in [0.1, 0.15) is 30.0 Å². The van der Waals surface area contributed by atoms with Crippen molar-refractivity contribution in [3.63, 3.8) is 0 Å². The monoisotopic (exact) mass is 251 g/mol. The molecule has 0 aliphatic carbocycles. The van der Waals surface area contributed by atoms with Gasteiger partial charge in [0.15, 0.2) is 0 Å². The number of hydrogen-bond donors (Lipinski definition) is 1. The molecule has 1 aromatic heterocycles.